The van der Waals surface area contributed by atoms with Gasteiger partial charge in [-0.15, -0.1) is 0 Å². The third-order valence-electron chi connectivity index (χ3n) is 4.99. The molecule has 1 saturated heterocycles. The molecule has 1 aliphatic heterocycles. The largest absolute Gasteiger partial charge is 0.495 e. The number of aromatic nitrogens is 1. The molecule has 1 atom stereocenters. The molecule has 0 bridgehead atoms. The smallest absolute Gasteiger partial charge is 0.232 e. The predicted octanol–water partition coefficient (Wildman–Crippen LogP) is 5.38. The fourth-order valence-electron chi connectivity index (χ4n) is 3.56. The van der Waals surface area contributed by atoms with Crippen molar-refractivity contribution < 1.29 is 9.47 Å². The molecule has 4 rings (SSSR count). The molecule has 0 amide bonds. The molecule has 0 saturated carbocycles. The van der Waals surface area contributed by atoms with Gasteiger partial charge in [0.25, 0.3) is 0 Å². The highest BCUT2D eigenvalue weighted by atomic mass is 35.5. The minimum atomic E-state index is 0.0474. The van der Waals surface area contributed by atoms with Crippen molar-refractivity contribution in [3.63, 3.8) is 0 Å². The van der Waals surface area contributed by atoms with E-state index in [1.165, 1.54) is 5.56 Å². The van der Waals surface area contributed by atoms with Crippen LogP contribution >= 0.6 is 11.6 Å². The Hall–Kier alpha value is -2.72. The lowest BCUT2D eigenvalue weighted by molar-refractivity contribution is 0.216. The van der Waals surface area contributed by atoms with Crippen molar-refractivity contribution in [1.29, 1.82) is 0 Å². The van der Waals surface area contributed by atoms with E-state index in [1.54, 1.807) is 13.3 Å². The van der Waals surface area contributed by atoms with Crippen LogP contribution in [0.2, 0.25) is 5.02 Å². The number of rotatable bonds is 5. The van der Waals surface area contributed by atoms with Crippen LogP contribution in [0.4, 0.5) is 5.69 Å². The second-order valence-electron chi connectivity index (χ2n) is 7.03. The first-order chi connectivity index (χ1) is 13.6. The predicted molar refractivity (Wildman–Crippen MR) is 114 cm³/mol. The van der Waals surface area contributed by atoms with Crippen molar-refractivity contribution >= 4 is 17.3 Å². The molecule has 0 spiro atoms. The summed E-state index contributed by atoms with van der Waals surface area (Å²) in [7, 11) is 1.72. The van der Waals surface area contributed by atoms with Crippen LogP contribution in [-0.4, -0.2) is 31.3 Å². The van der Waals surface area contributed by atoms with Crippen molar-refractivity contribution in [3.8, 4) is 22.8 Å². The summed E-state index contributed by atoms with van der Waals surface area (Å²) in [6.45, 7) is 3.63. The van der Waals surface area contributed by atoms with Crippen LogP contribution < -0.4 is 14.4 Å². The summed E-state index contributed by atoms with van der Waals surface area (Å²) >= 11 is 6.26. The van der Waals surface area contributed by atoms with Gasteiger partial charge in [0.1, 0.15) is 16.9 Å². The Morgan fingerprint density at radius 1 is 1.07 bits per heavy atom. The molecule has 2 aromatic carbocycles. The normalized spacial score (nSPS) is 16.2. The maximum atomic E-state index is 6.26. The molecule has 1 aromatic heterocycles. The summed E-state index contributed by atoms with van der Waals surface area (Å²) in [5.74, 6) is 1.37. The Kier molecular flexibility index (Phi) is 5.40. The molecule has 0 aliphatic carbocycles. The maximum absolute atomic E-state index is 6.26. The van der Waals surface area contributed by atoms with E-state index in [1.807, 2.05) is 31.2 Å². The number of pyridine rings is 1. The summed E-state index contributed by atoms with van der Waals surface area (Å²) in [4.78, 5) is 6.61. The van der Waals surface area contributed by atoms with Crippen molar-refractivity contribution in [1.82, 2.24) is 4.98 Å². The number of hydrogen-bond acceptors (Lipinski definition) is 4. The number of hydrogen-bond donors (Lipinski definition) is 0. The number of halogens is 1. The summed E-state index contributed by atoms with van der Waals surface area (Å²) in [6, 6.07) is 18.6. The van der Waals surface area contributed by atoms with Crippen LogP contribution in [-0.2, 0) is 0 Å². The van der Waals surface area contributed by atoms with Gasteiger partial charge in [0.05, 0.1) is 19.3 Å². The van der Waals surface area contributed by atoms with Gasteiger partial charge in [0, 0.05) is 19.2 Å². The molecular weight excluding hydrogens is 372 g/mol. The van der Waals surface area contributed by atoms with E-state index in [9.17, 15) is 0 Å². The third-order valence-corrected chi connectivity index (χ3v) is 5.27. The second kappa shape index (κ2) is 8.11. The van der Waals surface area contributed by atoms with Gasteiger partial charge in [-0.1, -0.05) is 48.0 Å². The Balaban J connectivity index is 1.50. The monoisotopic (exact) mass is 394 g/mol. The van der Waals surface area contributed by atoms with E-state index < -0.39 is 0 Å². The van der Waals surface area contributed by atoms with E-state index in [4.69, 9.17) is 21.1 Å². The lowest BCUT2D eigenvalue weighted by atomic mass is 10.0. The highest BCUT2D eigenvalue weighted by Crippen LogP contribution is 2.36. The van der Waals surface area contributed by atoms with Gasteiger partial charge in [0.2, 0.25) is 5.88 Å². The van der Waals surface area contributed by atoms with Crippen LogP contribution in [0.5, 0.6) is 11.6 Å². The molecular formula is C23H23ClN2O2. The SMILES string of the molecule is COc1cc(-c2ccccc2)ccc1N1CC[C@@H](Oc2ncc(C)cc2Cl)C1. The van der Waals surface area contributed by atoms with Crippen LogP contribution in [0.25, 0.3) is 11.1 Å². The maximum Gasteiger partial charge on any atom is 0.232 e. The second-order valence-corrected chi connectivity index (χ2v) is 7.43. The molecule has 0 radical (unpaired) electrons. The van der Waals surface area contributed by atoms with Gasteiger partial charge in [0.15, 0.2) is 0 Å². The number of anilines is 1. The van der Waals surface area contributed by atoms with Gasteiger partial charge in [-0.25, -0.2) is 4.98 Å². The molecule has 3 aromatic rings. The molecule has 0 unspecified atom stereocenters. The zero-order valence-electron chi connectivity index (χ0n) is 16.1. The van der Waals surface area contributed by atoms with Crippen LogP contribution in [0, 0.1) is 6.92 Å². The van der Waals surface area contributed by atoms with Crippen molar-refractivity contribution in [3.05, 3.63) is 71.4 Å². The Morgan fingerprint density at radius 3 is 2.64 bits per heavy atom. The van der Waals surface area contributed by atoms with Gasteiger partial charge < -0.3 is 14.4 Å². The van der Waals surface area contributed by atoms with E-state index in [0.29, 0.717) is 10.9 Å². The highest BCUT2D eigenvalue weighted by Gasteiger charge is 2.27. The van der Waals surface area contributed by atoms with Crippen LogP contribution in [0.1, 0.15) is 12.0 Å². The van der Waals surface area contributed by atoms with E-state index >= 15 is 0 Å². The topological polar surface area (TPSA) is 34.6 Å². The van der Waals surface area contributed by atoms with Gasteiger partial charge in [-0.05, 0) is 41.8 Å². The highest BCUT2D eigenvalue weighted by molar-refractivity contribution is 6.31. The molecule has 4 nitrogen and oxygen atoms in total. The number of aryl methyl sites for hydroxylation is 1. The molecule has 2 heterocycles. The van der Waals surface area contributed by atoms with Gasteiger partial charge in [-0.3, -0.25) is 0 Å². The Bertz CT molecular complexity index is 962. The fourth-order valence-corrected chi connectivity index (χ4v) is 3.82. The molecule has 1 fully saturated rings. The van der Waals surface area contributed by atoms with Crippen LogP contribution in [0.15, 0.2) is 60.8 Å². The summed E-state index contributed by atoms with van der Waals surface area (Å²) in [5, 5.41) is 0.559. The zero-order chi connectivity index (χ0) is 19.5. The lowest BCUT2D eigenvalue weighted by Gasteiger charge is -2.22. The summed E-state index contributed by atoms with van der Waals surface area (Å²) in [5.41, 5.74) is 4.42. The fraction of sp³-hybridized carbons (Fsp3) is 0.261. The minimum Gasteiger partial charge on any atom is -0.495 e. The first kappa shape index (κ1) is 18.6. The van der Waals surface area contributed by atoms with E-state index in [-0.39, 0.29) is 6.10 Å². The average molecular weight is 395 g/mol. The molecule has 28 heavy (non-hydrogen) atoms. The molecule has 5 heteroatoms. The quantitative estimate of drug-likeness (QED) is 0.582. The summed E-state index contributed by atoms with van der Waals surface area (Å²) in [6.07, 6.45) is 2.74. The van der Waals surface area contributed by atoms with E-state index in [2.05, 4.69) is 40.2 Å². The molecule has 0 N–H and O–H groups in total. The number of benzene rings is 2. The van der Waals surface area contributed by atoms with Crippen LogP contribution in [0.3, 0.4) is 0 Å². The number of methoxy groups -OCH3 is 1. The molecule has 144 valence electrons. The first-order valence-electron chi connectivity index (χ1n) is 9.41. The average Bonchev–Trinajstić information content (AvgIpc) is 3.18. The van der Waals surface area contributed by atoms with Crippen molar-refractivity contribution in [2.75, 3.05) is 25.1 Å². The standard InChI is InChI=1S/C23H23ClN2O2/c1-16-12-20(24)23(25-14-16)28-19-10-11-26(15-19)21-9-8-18(13-22(21)27-2)17-6-4-3-5-7-17/h3-9,12-14,19H,10-11,15H2,1-2H3/t19-/m1/s1. The third kappa shape index (κ3) is 3.92. The van der Waals surface area contributed by atoms with Gasteiger partial charge in [-0.2, -0.15) is 0 Å². The van der Waals surface area contributed by atoms with Crippen molar-refractivity contribution in [2.24, 2.45) is 0 Å². The molecule has 1 aliphatic rings. The minimum absolute atomic E-state index is 0.0474. The Labute approximate surface area is 170 Å². The van der Waals surface area contributed by atoms with Crippen molar-refractivity contribution in [2.45, 2.75) is 19.4 Å². The number of nitrogens with zero attached hydrogens (tertiary/aromatic N) is 2. The Morgan fingerprint density at radius 2 is 1.89 bits per heavy atom. The van der Waals surface area contributed by atoms with E-state index in [0.717, 1.165) is 42.1 Å². The zero-order valence-corrected chi connectivity index (χ0v) is 16.8. The van der Waals surface area contributed by atoms with Gasteiger partial charge >= 0.3 is 0 Å². The summed E-state index contributed by atoms with van der Waals surface area (Å²) < 4.78 is 11.7. The number of ether oxygens (including phenoxy) is 2. The first-order valence-corrected chi connectivity index (χ1v) is 9.79. The lowest BCUT2D eigenvalue weighted by Crippen LogP contribution is -2.25.